The van der Waals surface area contributed by atoms with Crippen molar-refractivity contribution < 1.29 is 13.9 Å². The lowest BCUT2D eigenvalue weighted by molar-refractivity contribution is -0.00418. The first kappa shape index (κ1) is 21.9. The van der Waals surface area contributed by atoms with Gasteiger partial charge >= 0.3 is 0 Å². The zero-order valence-corrected chi connectivity index (χ0v) is 19.5. The van der Waals surface area contributed by atoms with Crippen molar-refractivity contribution in [2.24, 2.45) is 7.05 Å². The SMILES string of the molecule is Cn1nc(C(=O)N2CCN(Cc3nnn4c3CO[C@H](c3ccccc3F)C4)CC2)c2ccccc21. The largest absolute Gasteiger partial charge is 0.365 e. The average Bonchev–Trinajstić information content (AvgIpc) is 3.45. The maximum absolute atomic E-state index is 14.2. The minimum Gasteiger partial charge on any atom is -0.365 e. The fraction of sp³-hybridized carbons (Fsp3) is 0.360. The standard InChI is InChI=1S/C25H26FN7O2/c1-30-21-9-5-3-7-18(21)24(28-30)25(34)32-12-10-31(11-13-32)14-20-22-16-35-23(15-33(22)29-27-20)17-6-2-4-8-19(17)26/h2-9,23H,10-16H2,1H3/t23-/m0/s1. The Morgan fingerprint density at radius 3 is 2.69 bits per heavy atom. The summed E-state index contributed by atoms with van der Waals surface area (Å²) in [6.45, 7) is 4.13. The van der Waals surface area contributed by atoms with Crippen LogP contribution in [0.4, 0.5) is 4.39 Å². The predicted molar refractivity (Wildman–Crippen MR) is 126 cm³/mol. The number of rotatable bonds is 4. The molecule has 180 valence electrons. The first-order chi connectivity index (χ1) is 17.1. The Labute approximate surface area is 201 Å². The van der Waals surface area contributed by atoms with Gasteiger partial charge in [-0.25, -0.2) is 9.07 Å². The number of ether oxygens (including phenoxy) is 1. The summed E-state index contributed by atoms with van der Waals surface area (Å²) in [7, 11) is 1.86. The minimum atomic E-state index is -0.379. The van der Waals surface area contributed by atoms with E-state index in [9.17, 15) is 9.18 Å². The molecule has 4 aromatic rings. The Morgan fingerprint density at radius 1 is 1.09 bits per heavy atom. The zero-order chi connectivity index (χ0) is 23.9. The number of carbonyl (C=O) groups is 1. The molecule has 0 bridgehead atoms. The van der Waals surface area contributed by atoms with Crippen LogP contribution >= 0.6 is 0 Å². The van der Waals surface area contributed by atoms with Gasteiger partial charge in [-0.05, 0) is 12.1 Å². The Balaban J connectivity index is 1.09. The summed E-state index contributed by atoms with van der Waals surface area (Å²) in [5.74, 6) is -0.303. The molecule has 9 nitrogen and oxygen atoms in total. The topological polar surface area (TPSA) is 81.3 Å². The van der Waals surface area contributed by atoms with Crippen LogP contribution in [-0.2, 0) is 31.5 Å². The number of carbonyl (C=O) groups excluding carboxylic acids is 1. The van der Waals surface area contributed by atoms with Crippen molar-refractivity contribution >= 4 is 16.8 Å². The van der Waals surface area contributed by atoms with Crippen LogP contribution in [-0.4, -0.2) is 66.7 Å². The van der Waals surface area contributed by atoms with Crippen LogP contribution in [0.5, 0.6) is 0 Å². The Hall–Kier alpha value is -3.63. The molecule has 0 N–H and O–H groups in total. The minimum absolute atomic E-state index is 0.0323. The highest BCUT2D eigenvalue weighted by molar-refractivity contribution is 6.04. The van der Waals surface area contributed by atoms with E-state index in [0.29, 0.717) is 44.0 Å². The molecule has 0 spiro atoms. The van der Waals surface area contributed by atoms with Crippen LogP contribution in [0.15, 0.2) is 48.5 Å². The van der Waals surface area contributed by atoms with Crippen LogP contribution in [0.2, 0.25) is 0 Å². The number of para-hydroxylation sites is 1. The number of aryl methyl sites for hydroxylation is 1. The van der Waals surface area contributed by atoms with Gasteiger partial charge in [0.15, 0.2) is 5.69 Å². The molecule has 1 saturated heterocycles. The number of piperazine rings is 1. The molecule has 0 saturated carbocycles. The van der Waals surface area contributed by atoms with Crippen molar-refractivity contribution in [2.45, 2.75) is 25.8 Å². The van der Waals surface area contributed by atoms with Gasteiger partial charge in [-0.15, -0.1) is 5.10 Å². The van der Waals surface area contributed by atoms with E-state index in [1.165, 1.54) is 6.07 Å². The maximum Gasteiger partial charge on any atom is 0.275 e. The van der Waals surface area contributed by atoms with Crippen molar-refractivity contribution in [3.63, 3.8) is 0 Å². The predicted octanol–water partition coefficient (Wildman–Crippen LogP) is 2.53. The highest BCUT2D eigenvalue weighted by Crippen LogP contribution is 2.29. The third-order valence-corrected chi connectivity index (χ3v) is 6.92. The molecule has 4 heterocycles. The van der Waals surface area contributed by atoms with Crippen molar-refractivity contribution in [1.29, 1.82) is 0 Å². The number of nitrogens with zero attached hydrogens (tertiary/aromatic N) is 7. The average molecular weight is 476 g/mol. The molecular weight excluding hydrogens is 449 g/mol. The summed E-state index contributed by atoms with van der Waals surface area (Å²) in [6.07, 6.45) is -0.379. The second-order valence-electron chi connectivity index (χ2n) is 9.04. The first-order valence-corrected chi connectivity index (χ1v) is 11.8. The van der Waals surface area contributed by atoms with E-state index in [2.05, 4.69) is 20.3 Å². The quantitative estimate of drug-likeness (QED) is 0.451. The van der Waals surface area contributed by atoms with Crippen LogP contribution in [0.3, 0.4) is 0 Å². The summed E-state index contributed by atoms with van der Waals surface area (Å²) in [4.78, 5) is 17.3. The molecule has 2 aliphatic heterocycles. The van der Waals surface area contributed by atoms with Crippen molar-refractivity contribution in [1.82, 2.24) is 34.6 Å². The highest BCUT2D eigenvalue weighted by Gasteiger charge is 2.29. The van der Waals surface area contributed by atoms with Crippen LogP contribution in [0.1, 0.15) is 33.5 Å². The normalized spacial score (nSPS) is 18.7. The van der Waals surface area contributed by atoms with E-state index in [1.807, 2.05) is 47.0 Å². The molecular formula is C25H26FN7O2. The van der Waals surface area contributed by atoms with Crippen molar-refractivity contribution in [2.75, 3.05) is 26.2 Å². The molecule has 35 heavy (non-hydrogen) atoms. The Bertz CT molecular complexity index is 1390. The van der Waals surface area contributed by atoms with Gasteiger partial charge < -0.3 is 9.64 Å². The summed E-state index contributed by atoms with van der Waals surface area (Å²) in [6, 6.07) is 14.5. The maximum atomic E-state index is 14.2. The molecule has 6 rings (SSSR count). The number of aromatic nitrogens is 5. The number of amides is 1. The van der Waals surface area contributed by atoms with Gasteiger partial charge in [0.2, 0.25) is 0 Å². The zero-order valence-electron chi connectivity index (χ0n) is 19.5. The second kappa shape index (κ2) is 8.86. The smallest absolute Gasteiger partial charge is 0.275 e. The van der Waals surface area contributed by atoms with Crippen molar-refractivity contribution in [3.8, 4) is 0 Å². The van der Waals surface area contributed by atoms with Gasteiger partial charge in [0, 0.05) is 50.7 Å². The molecule has 10 heteroatoms. The fourth-order valence-electron chi connectivity index (χ4n) is 4.95. The third kappa shape index (κ3) is 3.98. The van der Waals surface area contributed by atoms with E-state index in [-0.39, 0.29) is 17.8 Å². The number of benzene rings is 2. The number of halogens is 1. The molecule has 0 radical (unpaired) electrons. The molecule has 1 atom stereocenters. The lowest BCUT2D eigenvalue weighted by Crippen LogP contribution is -2.48. The summed E-state index contributed by atoms with van der Waals surface area (Å²) in [5.41, 5.74) is 3.79. The van der Waals surface area contributed by atoms with Gasteiger partial charge in [0.1, 0.15) is 17.6 Å². The molecule has 1 fully saturated rings. The molecule has 2 aliphatic rings. The lowest BCUT2D eigenvalue weighted by Gasteiger charge is -2.34. The summed E-state index contributed by atoms with van der Waals surface area (Å²) in [5, 5.41) is 14.1. The molecule has 0 unspecified atom stereocenters. The molecule has 1 amide bonds. The van der Waals surface area contributed by atoms with Gasteiger partial charge in [0.25, 0.3) is 5.91 Å². The molecule has 0 aliphatic carbocycles. The van der Waals surface area contributed by atoms with Gasteiger partial charge in [-0.1, -0.05) is 41.6 Å². The van der Waals surface area contributed by atoms with E-state index in [0.717, 1.165) is 35.4 Å². The lowest BCUT2D eigenvalue weighted by atomic mass is 10.1. The fourth-order valence-corrected chi connectivity index (χ4v) is 4.95. The van der Waals surface area contributed by atoms with E-state index in [1.54, 1.807) is 16.8 Å². The van der Waals surface area contributed by atoms with E-state index < -0.39 is 0 Å². The number of fused-ring (bicyclic) bond motifs is 2. The van der Waals surface area contributed by atoms with Crippen molar-refractivity contribution in [3.05, 3.63) is 77.0 Å². The van der Waals surface area contributed by atoms with Gasteiger partial charge in [-0.3, -0.25) is 14.4 Å². The second-order valence-corrected chi connectivity index (χ2v) is 9.04. The first-order valence-electron chi connectivity index (χ1n) is 11.8. The number of hydrogen-bond donors (Lipinski definition) is 0. The summed E-state index contributed by atoms with van der Waals surface area (Å²) < 4.78 is 23.7. The van der Waals surface area contributed by atoms with Crippen LogP contribution < -0.4 is 0 Å². The Kier molecular flexibility index (Phi) is 5.54. The van der Waals surface area contributed by atoms with Gasteiger partial charge in [-0.2, -0.15) is 5.10 Å². The third-order valence-electron chi connectivity index (χ3n) is 6.92. The van der Waals surface area contributed by atoms with Crippen LogP contribution in [0.25, 0.3) is 10.9 Å². The number of hydrogen-bond acceptors (Lipinski definition) is 6. The Morgan fingerprint density at radius 2 is 1.86 bits per heavy atom. The van der Waals surface area contributed by atoms with E-state index >= 15 is 0 Å². The van der Waals surface area contributed by atoms with Crippen LogP contribution in [0, 0.1) is 5.82 Å². The highest BCUT2D eigenvalue weighted by atomic mass is 19.1. The van der Waals surface area contributed by atoms with Gasteiger partial charge in [0.05, 0.1) is 24.4 Å². The summed E-state index contributed by atoms with van der Waals surface area (Å²) >= 11 is 0. The molecule has 2 aromatic heterocycles. The molecule has 2 aromatic carbocycles. The van der Waals surface area contributed by atoms with E-state index in [4.69, 9.17) is 4.74 Å². The monoisotopic (exact) mass is 475 g/mol.